The number of esters is 1. The molecule has 0 heterocycles. The minimum Gasteiger partial charge on any atom is -0.479 e. The first-order chi connectivity index (χ1) is 8.58. The lowest BCUT2D eigenvalue weighted by Crippen LogP contribution is -2.29. The average molecular weight is 251 g/mol. The summed E-state index contributed by atoms with van der Waals surface area (Å²) in [6, 6.07) is 5.42. The van der Waals surface area contributed by atoms with Gasteiger partial charge in [-0.2, -0.15) is 0 Å². The standard InChI is InChI=1S/C14H21NO3/c1-4-6-13(14(16)17-5-2)18-11-8-7-10(3)12(15)9-11/h7-9,13H,4-6,15H2,1-3H3. The summed E-state index contributed by atoms with van der Waals surface area (Å²) in [6.45, 7) is 6.07. The first-order valence-corrected chi connectivity index (χ1v) is 6.27. The van der Waals surface area contributed by atoms with Crippen LogP contribution < -0.4 is 10.5 Å². The molecule has 1 rings (SSSR count). The van der Waals surface area contributed by atoms with Crippen molar-refractivity contribution in [2.45, 2.75) is 39.7 Å². The minimum absolute atomic E-state index is 0.321. The van der Waals surface area contributed by atoms with Gasteiger partial charge >= 0.3 is 5.97 Å². The number of benzene rings is 1. The van der Waals surface area contributed by atoms with E-state index in [-0.39, 0.29) is 5.97 Å². The van der Waals surface area contributed by atoms with E-state index in [9.17, 15) is 4.79 Å². The fraction of sp³-hybridized carbons (Fsp3) is 0.500. The number of carbonyl (C=O) groups is 1. The van der Waals surface area contributed by atoms with Crippen LogP contribution >= 0.6 is 0 Å². The third-order valence-corrected chi connectivity index (χ3v) is 2.63. The van der Waals surface area contributed by atoms with Crippen molar-refractivity contribution >= 4 is 11.7 Å². The first-order valence-electron chi connectivity index (χ1n) is 6.27. The molecule has 1 unspecified atom stereocenters. The van der Waals surface area contributed by atoms with E-state index in [1.54, 1.807) is 13.0 Å². The van der Waals surface area contributed by atoms with Crippen LogP contribution in [0.3, 0.4) is 0 Å². The number of ether oxygens (including phenoxy) is 2. The average Bonchev–Trinajstić information content (AvgIpc) is 2.33. The molecule has 100 valence electrons. The molecule has 18 heavy (non-hydrogen) atoms. The molecule has 0 aliphatic carbocycles. The van der Waals surface area contributed by atoms with E-state index >= 15 is 0 Å². The van der Waals surface area contributed by atoms with Crippen molar-refractivity contribution in [1.29, 1.82) is 0 Å². The summed E-state index contributed by atoms with van der Waals surface area (Å²) in [5.41, 5.74) is 7.46. The summed E-state index contributed by atoms with van der Waals surface area (Å²) >= 11 is 0. The Bertz CT molecular complexity index is 404. The second kappa shape index (κ2) is 6.89. The lowest BCUT2D eigenvalue weighted by molar-refractivity contribution is -0.151. The second-order valence-corrected chi connectivity index (χ2v) is 4.17. The largest absolute Gasteiger partial charge is 0.479 e. The Morgan fingerprint density at radius 1 is 1.39 bits per heavy atom. The van der Waals surface area contributed by atoms with Gasteiger partial charge in [0.15, 0.2) is 6.10 Å². The second-order valence-electron chi connectivity index (χ2n) is 4.17. The van der Waals surface area contributed by atoms with E-state index in [0.717, 1.165) is 12.0 Å². The molecule has 0 aliphatic rings. The number of aryl methyl sites for hydroxylation is 1. The van der Waals surface area contributed by atoms with Gasteiger partial charge in [-0.05, 0) is 31.9 Å². The van der Waals surface area contributed by atoms with Crippen molar-refractivity contribution in [3.8, 4) is 5.75 Å². The molecule has 0 amide bonds. The van der Waals surface area contributed by atoms with Gasteiger partial charge in [-0.3, -0.25) is 0 Å². The molecule has 0 spiro atoms. The van der Waals surface area contributed by atoms with Crippen LogP contribution in [0, 0.1) is 6.92 Å². The Kier molecular flexibility index (Phi) is 5.49. The van der Waals surface area contributed by atoms with Gasteiger partial charge in [0.05, 0.1) is 6.61 Å². The van der Waals surface area contributed by atoms with E-state index in [1.807, 2.05) is 26.0 Å². The van der Waals surface area contributed by atoms with Crippen LogP contribution in [0.4, 0.5) is 5.69 Å². The van der Waals surface area contributed by atoms with E-state index in [2.05, 4.69) is 0 Å². The number of hydrogen-bond acceptors (Lipinski definition) is 4. The third-order valence-electron chi connectivity index (χ3n) is 2.63. The number of hydrogen-bond donors (Lipinski definition) is 1. The van der Waals surface area contributed by atoms with Crippen LogP contribution in [0.5, 0.6) is 5.75 Å². The molecule has 4 nitrogen and oxygen atoms in total. The predicted octanol–water partition coefficient (Wildman–Crippen LogP) is 2.69. The Hall–Kier alpha value is -1.71. The predicted molar refractivity (Wildman–Crippen MR) is 71.5 cm³/mol. The van der Waals surface area contributed by atoms with Crippen molar-refractivity contribution in [1.82, 2.24) is 0 Å². The van der Waals surface area contributed by atoms with E-state index < -0.39 is 6.10 Å². The van der Waals surface area contributed by atoms with Crippen LogP contribution in [0.25, 0.3) is 0 Å². The smallest absolute Gasteiger partial charge is 0.347 e. The van der Waals surface area contributed by atoms with Crippen LogP contribution in [0.15, 0.2) is 18.2 Å². The highest BCUT2D eigenvalue weighted by molar-refractivity contribution is 5.75. The number of carbonyl (C=O) groups excluding carboxylic acids is 1. The molecular weight excluding hydrogens is 230 g/mol. The zero-order valence-corrected chi connectivity index (χ0v) is 11.2. The molecule has 1 atom stereocenters. The van der Waals surface area contributed by atoms with Gasteiger partial charge in [0, 0.05) is 11.8 Å². The number of rotatable bonds is 6. The maximum absolute atomic E-state index is 11.7. The highest BCUT2D eigenvalue weighted by atomic mass is 16.6. The summed E-state index contributed by atoms with van der Waals surface area (Å²) in [4.78, 5) is 11.7. The van der Waals surface area contributed by atoms with E-state index in [4.69, 9.17) is 15.2 Å². The van der Waals surface area contributed by atoms with Gasteiger partial charge in [0.1, 0.15) is 5.75 Å². The minimum atomic E-state index is -0.558. The molecule has 1 aromatic rings. The number of nitrogen functional groups attached to an aromatic ring is 1. The molecule has 0 aliphatic heterocycles. The molecule has 0 saturated heterocycles. The van der Waals surface area contributed by atoms with Gasteiger partial charge in [-0.25, -0.2) is 4.79 Å². The highest BCUT2D eigenvalue weighted by Crippen LogP contribution is 2.21. The Morgan fingerprint density at radius 2 is 2.11 bits per heavy atom. The Balaban J connectivity index is 2.76. The zero-order valence-electron chi connectivity index (χ0n) is 11.2. The Labute approximate surface area is 108 Å². The lowest BCUT2D eigenvalue weighted by atomic mass is 10.2. The maximum Gasteiger partial charge on any atom is 0.347 e. The van der Waals surface area contributed by atoms with E-state index in [1.165, 1.54) is 0 Å². The first kappa shape index (κ1) is 14.4. The molecule has 1 aromatic carbocycles. The van der Waals surface area contributed by atoms with Crippen LogP contribution in [-0.2, 0) is 9.53 Å². The summed E-state index contributed by atoms with van der Waals surface area (Å²) in [5.74, 6) is 0.281. The monoisotopic (exact) mass is 251 g/mol. The molecule has 0 fully saturated rings. The molecule has 4 heteroatoms. The topological polar surface area (TPSA) is 61.5 Å². The van der Waals surface area contributed by atoms with Gasteiger partial charge in [0.25, 0.3) is 0 Å². The summed E-state index contributed by atoms with van der Waals surface area (Å²) in [6.07, 6.45) is 0.925. The fourth-order valence-electron chi connectivity index (χ4n) is 1.58. The molecule has 2 N–H and O–H groups in total. The normalized spacial score (nSPS) is 11.9. The van der Waals surface area contributed by atoms with Gasteiger partial charge in [-0.1, -0.05) is 19.4 Å². The molecule has 0 aromatic heterocycles. The summed E-state index contributed by atoms with van der Waals surface area (Å²) in [7, 11) is 0. The maximum atomic E-state index is 11.7. The van der Waals surface area contributed by atoms with Gasteiger partial charge in [-0.15, -0.1) is 0 Å². The van der Waals surface area contributed by atoms with Crippen molar-refractivity contribution in [2.24, 2.45) is 0 Å². The number of anilines is 1. The molecule has 0 saturated carbocycles. The molecule has 0 bridgehead atoms. The van der Waals surface area contributed by atoms with Gasteiger partial charge < -0.3 is 15.2 Å². The van der Waals surface area contributed by atoms with Gasteiger partial charge in [0.2, 0.25) is 0 Å². The molecule has 0 radical (unpaired) electrons. The van der Waals surface area contributed by atoms with Crippen molar-refractivity contribution in [3.05, 3.63) is 23.8 Å². The Morgan fingerprint density at radius 3 is 2.67 bits per heavy atom. The molecular formula is C14H21NO3. The van der Waals surface area contributed by atoms with Crippen LogP contribution in [0.2, 0.25) is 0 Å². The highest BCUT2D eigenvalue weighted by Gasteiger charge is 2.20. The number of nitrogens with two attached hydrogens (primary N) is 1. The lowest BCUT2D eigenvalue weighted by Gasteiger charge is -2.17. The van der Waals surface area contributed by atoms with Crippen LogP contribution in [0.1, 0.15) is 32.3 Å². The third kappa shape index (κ3) is 3.95. The summed E-state index contributed by atoms with van der Waals surface area (Å²) in [5, 5.41) is 0. The zero-order chi connectivity index (χ0) is 13.5. The summed E-state index contributed by atoms with van der Waals surface area (Å²) < 4.78 is 10.6. The van der Waals surface area contributed by atoms with Crippen molar-refractivity contribution in [2.75, 3.05) is 12.3 Å². The SMILES string of the molecule is CCCC(Oc1ccc(C)c(N)c1)C(=O)OCC. The van der Waals surface area contributed by atoms with Crippen LogP contribution in [-0.4, -0.2) is 18.7 Å². The van der Waals surface area contributed by atoms with Crippen molar-refractivity contribution in [3.63, 3.8) is 0 Å². The quantitative estimate of drug-likeness (QED) is 0.623. The van der Waals surface area contributed by atoms with E-state index in [0.29, 0.717) is 24.5 Å². The van der Waals surface area contributed by atoms with Crippen molar-refractivity contribution < 1.29 is 14.3 Å². The fourth-order valence-corrected chi connectivity index (χ4v) is 1.58.